The van der Waals surface area contributed by atoms with Gasteiger partial charge in [0, 0.05) is 5.38 Å². The van der Waals surface area contributed by atoms with E-state index in [9.17, 15) is 0 Å². The molecule has 0 radical (unpaired) electrons. The molecule has 3 aromatic rings. The molecule has 3 heterocycles. The van der Waals surface area contributed by atoms with Gasteiger partial charge in [-0.15, -0.1) is 11.3 Å². The molecule has 0 aromatic carbocycles. The molecule has 6 heteroatoms. The van der Waals surface area contributed by atoms with E-state index in [0.29, 0.717) is 12.5 Å². The van der Waals surface area contributed by atoms with Gasteiger partial charge < -0.3 is 4.57 Å². The number of thiazole rings is 1. The van der Waals surface area contributed by atoms with E-state index in [2.05, 4.69) is 33.8 Å². The van der Waals surface area contributed by atoms with Gasteiger partial charge in [-0.25, -0.2) is 19.9 Å². The van der Waals surface area contributed by atoms with E-state index in [0.717, 1.165) is 28.4 Å². The third-order valence-corrected chi connectivity index (χ3v) is 3.60. The van der Waals surface area contributed by atoms with E-state index in [1.54, 1.807) is 11.3 Å². The zero-order valence-corrected chi connectivity index (χ0v) is 12.0. The van der Waals surface area contributed by atoms with Crippen molar-refractivity contribution < 1.29 is 0 Å². The van der Waals surface area contributed by atoms with Crippen molar-refractivity contribution >= 4 is 22.5 Å². The Morgan fingerprint density at radius 1 is 1.26 bits per heavy atom. The molecule has 19 heavy (non-hydrogen) atoms. The predicted molar refractivity (Wildman–Crippen MR) is 75.4 cm³/mol. The SMILES string of the molecule is Cc1nc(C(C)C)c2ncn(Cc3cscn3)c2n1. The summed E-state index contributed by atoms with van der Waals surface area (Å²) >= 11 is 1.60. The summed E-state index contributed by atoms with van der Waals surface area (Å²) in [5.74, 6) is 1.13. The van der Waals surface area contributed by atoms with Crippen molar-refractivity contribution in [3.63, 3.8) is 0 Å². The third kappa shape index (κ3) is 2.23. The third-order valence-electron chi connectivity index (χ3n) is 2.97. The van der Waals surface area contributed by atoms with Gasteiger partial charge in [-0.05, 0) is 12.8 Å². The van der Waals surface area contributed by atoms with Crippen molar-refractivity contribution in [2.24, 2.45) is 0 Å². The zero-order chi connectivity index (χ0) is 13.4. The van der Waals surface area contributed by atoms with Crippen LogP contribution in [0, 0.1) is 6.92 Å². The van der Waals surface area contributed by atoms with Crippen LogP contribution in [0.25, 0.3) is 11.2 Å². The molecule has 0 saturated carbocycles. The van der Waals surface area contributed by atoms with E-state index >= 15 is 0 Å². The fourth-order valence-corrected chi connectivity index (χ4v) is 2.64. The summed E-state index contributed by atoms with van der Waals surface area (Å²) in [6.07, 6.45) is 1.82. The quantitative estimate of drug-likeness (QED) is 0.736. The first-order valence-electron chi connectivity index (χ1n) is 6.21. The molecule has 0 amide bonds. The Morgan fingerprint density at radius 2 is 2.11 bits per heavy atom. The van der Waals surface area contributed by atoms with Gasteiger partial charge >= 0.3 is 0 Å². The van der Waals surface area contributed by atoms with E-state index < -0.39 is 0 Å². The maximum atomic E-state index is 4.52. The number of aromatic nitrogens is 5. The Balaban J connectivity index is 2.12. The lowest BCUT2D eigenvalue weighted by Gasteiger charge is -2.07. The summed E-state index contributed by atoms with van der Waals surface area (Å²) < 4.78 is 2.03. The summed E-state index contributed by atoms with van der Waals surface area (Å²) in [6.45, 7) is 6.88. The van der Waals surface area contributed by atoms with Crippen LogP contribution in [0.5, 0.6) is 0 Å². The summed E-state index contributed by atoms with van der Waals surface area (Å²) in [6, 6.07) is 0. The lowest BCUT2D eigenvalue weighted by atomic mass is 10.1. The highest BCUT2D eigenvalue weighted by Gasteiger charge is 2.14. The minimum atomic E-state index is 0.340. The van der Waals surface area contributed by atoms with Crippen LogP contribution < -0.4 is 0 Å². The smallest absolute Gasteiger partial charge is 0.164 e. The first-order valence-corrected chi connectivity index (χ1v) is 7.16. The zero-order valence-electron chi connectivity index (χ0n) is 11.2. The minimum Gasteiger partial charge on any atom is -0.309 e. The van der Waals surface area contributed by atoms with Crippen LogP contribution in [0.4, 0.5) is 0 Å². The van der Waals surface area contributed by atoms with Crippen LogP contribution in [0.1, 0.15) is 37.0 Å². The Kier molecular flexibility index (Phi) is 3.02. The number of imidazole rings is 1. The molecule has 3 aromatic heterocycles. The molecule has 0 aliphatic heterocycles. The standard InChI is InChI=1S/C13H15N5S/c1-8(2)11-12-13(17-9(3)16-11)18(6-14-12)4-10-5-19-7-15-10/h5-8H,4H2,1-3H3. The fraction of sp³-hybridized carbons (Fsp3) is 0.385. The Labute approximate surface area is 115 Å². The predicted octanol–water partition coefficient (Wildman–Crippen LogP) is 2.76. The van der Waals surface area contributed by atoms with Crippen molar-refractivity contribution in [1.82, 2.24) is 24.5 Å². The molecule has 98 valence electrons. The van der Waals surface area contributed by atoms with Crippen LogP contribution in [-0.2, 0) is 6.54 Å². The van der Waals surface area contributed by atoms with Gasteiger partial charge in [-0.1, -0.05) is 13.8 Å². The number of aryl methyl sites for hydroxylation is 1. The van der Waals surface area contributed by atoms with Gasteiger partial charge in [0.25, 0.3) is 0 Å². The van der Waals surface area contributed by atoms with Crippen molar-refractivity contribution in [3.8, 4) is 0 Å². The van der Waals surface area contributed by atoms with Crippen LogP contribution in [0.15, 0.2) is 17.2 Å². The topological polar surface area (TPSA) is 56.5 Å². The second-order valence-corrected chi connectivity index (χ2v) is 5.55. The summed E-state index contributed by atoms with van der Waals surface area (Å²) in [7, 11) is 0. The molecule has 0 atom stereocenters. The van der Waals surface area contributed by atoms with Crippen molar-refractivity contribution in [3.05, 3.63) is 34.4 Å². The van der Waals surface area contributed by atoms with Crippen LogP contribution in [0.2, 0.25) is 0 Å². The normalized spacial score (nSPS) is 11.6. The molecule has 0 saturated heterocycles. The number of fused-ring (bicyclic) bond motifs is 1. The van der Waals surface area contributed by atoms with Crippen LogP contribution in [-0.4, -0.2) is 24.5 Å². The molecule has 5 nitrogen and oxygen atoms in total. The Bertz CT molecular complexity index is 699. The Hall–Kier alpha value is -1.82. The van der Waals surface area contributed by atoms with Gasteiger partial charge in [0.15, 0.2) is 5.65 Å². The lowest BCUT2D eigenvalue weighted by Crippen LogP contribution is -2.03. The maximum Gasteiger partial charge on any atom is 0.164 e. The number of hydrogen-bond donors (Lipinski definition) is 0. The van der Waals surface area contributed by atoms with E-state index in [-0.39, 0.29) is 0 Å². The monoisotopic (exact) mass is 273 g/mol. The highest BCUT2D eigenvalue weighted by atomic mass is 32.1. The van der Waals surface area contributed by atoms with Crippen LogP contribution >= 0.6 is 11.3 Å². The first kappa shape index (κ1) is 12.2. The van der Waals surface area contributed by atoms with Gasteiger partial charge in [0.1, 0.15) is 11.3 Å². The highest BCUT2D eigenvalue weighted by Crippen LogP contribution is 2.22. The summed E-state index contributed by atoms with van der Waals surface area (Å²) in [5.41, 5.74) is 5.68. The number of hydrogen-bond acceptors (Lipinski definition) is 5. The van der Waals surface area contributed by atoms with Gasteiger partial charge in [0.2, 0.25) is 0 Å². The van der Waals surface area contributed by atoms with E-state index in [4.69, 9.17) is 0 Å². The molecular weight excluding hydrogens is 258 g/mol. The van der Waals surface area contributed by atoms with Crippen LogP contribution in [0.3, 0.4) is 0 Å². The molecule has 0 N–H and O–H groups in total. The van der Waals surface area contributed by atoms with Gasteiger partial charge in [-0.2, -0.15) is 0 Å². The van der Waals surface area contributed by atoms with E-state index in [1.165, 1.54) is 0 Å². The Morgan fingerprint density at radius 3 is 2.79 bits per heavy atom. The summed E-state index contributed by atoms with van der Waals surface area (Å²) in [4.78, 5) is 17.8. The largest absolute Gasteiger partial charge is 0.309 e. The minimum absolute atomic E-state index is 0.340. The molecule has 0 spiro atoms. The molecular formula is C13H15N5S. The second kappa shape index (κ2) is 4.70. The summed E-state index contributed by atoms with van der Waals surface area (Å²) in [5, 5.41) is 2.04. The molecule has 0 fully saturated rings. The van der Waals surface area contributed by atoms with Gasteiger partial charge in [0.05, 0.1) is 29.8 Å². The maximum absolute atomic E-state index is 4.52. The number of nitrogens with zero attached hydrogens (tertiary/aromatic N) is 5. The van der Waals surface area contributed by atoms with Gasteiger partial charge in [-0.3, -0.25) is 0 Å². The second-order valence-electron chi connectivity index (χ2n) is 4.84. The van der Waals surface area contributed by atoms with E-state index in [1.807, 2.05) is 28.7 Å². The average molecular weight is 273 g/mol. The lowest BCUT2D eigenvalue weighted by molar-refractivity contribution is 0.784. The molecule has 3 rings (SSSR count). The molecule has 0 aliphatic rings. The number of rotatable bonds is 3. The molecule has 0 unspecified atom stereocenters. The molecule has 0 bridgehead atoms. The molecule has 0 aliphatic carbocycles. The van der Waals surface area contributed by atoms with Crippen molar-refractivity contribution in [1.29, 1.82) is 0 Å². The average Bonchev–Trinajstić information content (AvgIpc) is 2.99. The first-order chi connectivity index (χ1) is 9.15. The fourth-order valence-electron chi connectivity index (χ4n) is 2.09. The highest BCUT2D eigenvalue weighted by molar-refractivity contribution is 7.07. The van der Waals surface area contributed by atoms with Crippen molar-refractivity contribution in [2.45, 2.75) is 33.2 Å². The van der Waals surface area contributed by atoms with Crippen molar-refractivity contribution in [2.75, 3.05) is 0 Å².